The van der Waals surface area contributed by atoms with Gasteiger partial charge in [-0.05, 0) is 19.3 Å². The molecule has 0 radical (unpaired) electrons. The van der Waals surface area contributed by atoms with Crippen molar-refractivity contribution in [3.8, 4) is 0 Å². The third-order valence-electron chi connectivity index (χ3n) is 3.91. The molecule has 3 heterocycles. The highest BCUT2D eigenvalue weighted by atomic mass is 35.5. The molecule has 7 heteroatoms. The molecule has 1 atom stereocenters. The van der Waals surface area contributed by atoms with Crippen molar-refractivity contribution < 1.29 is 14.3 Å². The van der Waals surface area contributed by atoms with Crippen LogP contribution < -0.4 is 0 Å². The van der Waals surface area contributed by atoms with E-state index in [1.165, 1.54) is 10.9 Å². The van der Waals surface area contributed by atoms with Crippen LogP contribution in [0.15, 0.2) is 12.4 Å². The maximum Gasteiger partial charge on any atom is 0.306 e. The summed E-state index contributed by atoms with van der Waals surface area (Å²) in [6.07, 6.45) is 6.00. The molecular formula is C13H16ClN3O3. The number of esters is 1. The molecule has 20 heavy (non-hydrogen) atoms. The largest absolute Gasteiger partial charge is 0.457 e. The van der Waals surface area contributed by atoms with Gasteiger partial charge in [0.15, 0.2) is 0 Å². The number of hydrogen-bond acceptors (Lipinski definition) is 4. The number of ether oxygens (including phenoxy) is 1. The first kappa shape index (κ1) is 13.4. The third kappa shape index (κ3) is 2.65. The number of piperidine rings is 1. The maximum absolute atomic E-state index is 12.3. The molecule has 0 aromatic carbocycles. The van der Waals surface area contributed by atoms with Gasteiger partial charge in [0.25, 0.3) is 0 Å². The number of carbonyl (C=O) groups is 2. The molecule has 2 aliphatic heterocycles. The van der Waals surface area contributed by atoms with Crippen molar-refractivity contribution in [3.63, 3.8) is 0 Å². The van der Waals surface area contributed by atoms with Crippen molar-refractivity contribution in [2.24, 2.45) is 0 Å². The molecule has 2 fully saturated rings. The van der Waals surface area contributed by atoms with Crippen LogP contribution in [0.5, 0.6) is 0 Å². The zero-order valence-electron chi connectivity index (χ0n) is 11.0. The minimum absolute atomic E-state index is 0.0215. The van der Waals surface area contributed by atoms with E-state index in [1.807, 2.05) is 0 Å². The van der Waals surface area contributed by atoms with Crippen LogP contribution in [0.1, 0.15) is 25.7 Å². The first-order chi connectivity index (χ1) is 9.56. The fourth-order valence-electron chi connectivity index (χ4n) is 2.94. The molecule has 1 aromatic heterocycles. The molecule has 0 aliphatic carbocycles. The van der Waals surface area contributed by atoms with Gasteiger partial charge in [0.1, 0.15) is 12.1 Å². The summed E-state index contributed by atoms with van der Waals surface area (Å²) in [6.45, 7) is 1.36. The molecule has 2 aliphatic rings. The smallest absolute Gasteiger partial charge is 0.306 e. The standard InChI is InChI=1S/C13H16ClN3O3/c14-10-6-15-17(7-10)8-11(18)16-5-1-3-13(9-16)4-2-12(19)20-13/h6-7H,1-5,8-9H2/t13-/m0/s1. The molecule has 1 amide bonds. The first-order valence-corrected chi connectivity index (χ1v) is 7.12. The van der Waals surface area contributed by atoms with Crippen LogP contribution >= 0.6 is 11.6 Å². The van der Waals surface area contributed by atoms with Gasteiger partial charge in [-0.2, -0.15) is 5.10 Å². The Balaban J connectivity index is 1.64. The second-order valence-corrected chi connectivity index (χ2v) is 5.87. The van der Waals surface area contributed by atoms with Gasteiger partial charge < -0.3 is 9.64 Å². The van der Waals surface area contributed by atoms with Gasteiger partial charge in [0.05, 0.1) is 17.8 Å². The Morgan fingerprint density at radius 3 is 3.00 bits per heavy atom. The van der Waals surface area contributed by atoms with Crippen LogP contribution in [-0.2, 0) is 20.9 Å². The monoisotopic (exact) mass is 297 g/mol. The topological polar surface area (TPSA) is 64.4 Å². The fraction of sp³-hybridized carbons (Fsp3) is 0.615. The molecule has 1 spiro atoms. The lowest BCUT2D eigenvalue weighted by atomic mass is 9.90. The summed E-state index contributed by atoms with van der Waals surface area (Å²) in [5.41, 5.74) is -0.452. The molecular weight excluding hydrogens is 282 g/mol. The minimum Gasteiger partial charge on any atom is -0.457 e. The van der Waals surface area contributed by atoms with Gasteiger partial charge >= 0.3 is 5.97 Å². The van der Waals surface area contributed by atoms with Gasteiger partial charge in [-0.3, -0.25) is 14.3 Å². The lowest BCUT2D eigenvalue weighted by Crippen LogP contribution is -2.51. The Bertz CT molecular complexity index is 545. The Hall–Kier alpha value is -1.56. The second-order valence-electron chi connectivity index (χ2n) is 5.43. The quantitative estimate of drug-likeness (QED) is 0.770. The van der Waals surface area contributed by atoms with Crippen LogP contribution in [0.25, 0.3) is 0 Å². The van der Waals surface area contributed by atoms with Gasteiger partial charge in [-0.1, -0.05) is 11.6 Å². The maximum atomic E-state index is 12.3. The number of halogens is 1. The van der Waals surface area contributed by atoms with Crippen molar-refractivity contribution in [1.82, 2.24) is 14.7 Å². The molecule has 6 nitrogen and oxygen atoms in total. The predicted molar refractivity (Wildman–Crippen MR) is 71.1 cm³/mol. The summed E-state index contributed by atoms with van der Waals surface area (Å²) in [5.74, 6) is -0.176. The van der Waals surface area contributed by atoms with E-state index in [0.29, 0.717) is 31.0 Å². The number of likely N-dealkylation sites (tertiary alicyclic amines) is 1. The molecule has 3 rings (SSSR count). The number of amides is 1. The summed E-state index contributed by atoms with van der Waals surface area (Å²) in [7, 11) is 0. The van der Waals surface area contributed by atoms with E-state index in [4.69, 9.17) is 16.3 Å². The van der Waals surface area contributed by atoms with Crippen LogP contribution in [0.2, 0.25) is 5.02 Å². The average molecular weight is 298 g/mol. The number of carbonyl (C=O) groups excluding carboxylic acids is 2. The second kappa shape index (κ2) is 5.09. The van der Waals surface area contributed by atoms with Crippen molar-refractivity contribution in [1.29, 1.82) is 0 Å². The highest BCUT2D eigenvalue weighted by Crippen LogP contribution is 2.35. The summed E-state index contributed by atoms with van der Waals surface area (Å²) in [6, 6.07) is 0. The third-order valence-corrected chi connectivity index (χ3v) is 4.10. The van der Waals surface area contributed by atoms with Crippen molar-refractivity contribution in [2.75, 3.05) is 13.1 Å². The predicted octanol–water partition coefficient (Wildman–Crippen LogP) is 1.23. The minimum atomic E-state index is -0.452. The van der Waals surface area contributed by atoms with Gasteiger partial charge in [0.2, 0.25) is 5.91 Å². The zero-order valence-corrected chi connectivity index (χ0v) is 11.8. The molecule has 0 saturated carbocycles. The molecule has 0 bridgehead atoms. The Morgan fingerprint density at radius 2 is 2.35 bits per heavy atom. The van der Waals surface area contributed by atoms with Crippen molar-refractivity contribution >= 4 is 23.5 Å². The lowest BCUT2D eigenvalue weighted by molar-refractivity contribution is -0.157. The lowest BCUT2D eigenvalue weighted by Gasteiger charge is -2.39. The van der Waals surface area contributed by atoms with E-state index in [2.05, 4.69) is 5.10 Å². The molecule has 0 N–H and O–H groups in total. The Kier molecular flexibility index (Phi) is 3.41. The first-order valence-electron chi connectivity index (χ1n) is 6.74. The SMILES string of the molecule is O=C1CC[C@]2(CCCN(C(=O)Cn3cc(Cl)cn3)C2)O1. The fourth-order valence-corrected chi connectivity index (χ4v) is 3.09. The van der Waals surface area contributed by atoms with E-state index in [9.17, 15) is 9.59 Å². The Morgan fingerprint density at radius 1 is 1.50 bits per heavy atom. The summed E-state index contributed by atoms with van der Waals surface area (Å²) in [5, 5.41) is 4.52. The number of rotatable bonds is 2. The summed E-state index contributed by atoms with van der Waals surface area (Å²) in [4.78, 5) is 25.4. The van der Waals surface area contributed by atoms with Gasteiger partial charge in [0, 0.05) is 19.2 Å². The highest BCUT2D eigenvalue weighted by molar-refractivity contribution is 6.30. The normalized spacial score (nSPS) is 26.1. The summed E-state index contributed by atoms with van der Waals surface area (Å²) >= 11 is 5.78. The van der Waals surface area contributed by atoms with Crippen LogP contribution in [-0.4, -0.2) is 45.2 Å². The molecule has 0 unspecified atom stereocenters. The molecule has 2 saturated heterocycles. The van der Waals surface area contributed by atoms with Crippen LogP contribution in [0.3, 0.4) is 0 Å². The highest BCUT2D eigenvalue weighted by Gasteiger charge is 2.44. The van der Waals surface area contributed by atoms with E-state index in [-0.39, 0.29) is 18.4 Å². The van der Waals surface area contributed by atoms with E-state index in [1.54, 1.807) is 11.1 Å². The van der Waals surface area contributed by atoms with Gasteiger partial charge in [-0.15, -0.1) is 0 Å². The Labute approximate surface area is 121 Å². The zero-order chi connectivity index (χ0) is 14.2. The van der Waals surface area contributed by atoms with Crippen molar-refractivity contribution in [2.45, 2.75) is 37.8 Å². The van der Waals surface area contributed by atoms with Crippen LogP contribution in [0.4, 0.5) is 0 Å². The van der Waals surface area contributed by atoms with Crippen LogP contribution in [0, 0.1) is 0 Å². The molecule has 1 aromatic rings. The van der Waals surface area contributed by atoms with Gasteiger partial charge in [-0.25, -0.2) is 0 Å². The number of hydrogen-bond donors (Lipinski definition) is 0. The number of aromatic nitrogens is 2. The van der Waals surface area contributed by atoms with E-state index < -0.39 is 5.60 Å². The average Bonchev–Trinajstić information content (AvgIpc) is 2.97. The van der Waals surface area contributed by atoms with E-state index in [0.717, 1.165) is 12.8 Å². The van der Waals surface area contributed by atoms with E-state index >= 15 is 0 Å². The number of nitrogens with zero attached hydrogens (tertiary/aromatic N) is 3. The molecule has 108 valence electrons. The van der Waals surface area contributed by atoms with Crippen molar-refractivity contribution in [3.05, 3.63) is 17.4 Å². The summed E-state index contributed by atoms with van der Waals surface area (Å²) < 4.78 is 6.97.